The Morgan fingerprint density at radius 3 is 2.31 bits per heavy atom. The third-order valence-corrected chi connectivity index (χ3v) is 5.61. The Morgan fingerprint density at radius 1 is 0.962 bits per heavy atom. The second-order valence-corrected chi connectivity index (χ2v) is 7.50. The SMILES string of the molecule is CN1CCN(C(=O)CN[C@@H]2C[C@H]2c2ccc(-c3ccccc3)cc2)CC1. The second kappa shape index (κ2) is 7.60. The Bertz CT molecular complexity index is 736. The monoisotopic (exact) mass is 349 g/mol. The summed E-state index contributed by atoms with van der Waals surface area (Å²) in [7, 11) is 2.11. The standard InChI is InChI=1S/C22H27N3O/c1-24-11-13-25(14-12-24)22(26)16-23-21-15-20(21)19-9-7-18(8-10-19)17-5-3-2-4-6-17/h2-10,20-21,23H,11-16H2,1H3/t20-,21+/m0/s1. The van der Waals surface area contributed by atoms with Gasteiger partial charge in [-0.15, -0.1) is 0 Å². The third kappa shape index (κ3) is 3.97. The number of nitrogens with one attached hydrogen (secondary N) is 1. The van der Waals surface area contributed by atoms with Crippen molar-refractivity contribution >= 4 is 5.91 Å². The highest BCUT2D eigenvalue weighted by Gasteiger charge is 2.38. The number of hydrogen-bond acceptors (Lipinski definition) is 3. The Balaban J connectivity index is 1.27. The van der Waals surface area contributed by atoms with Crippen LogP contribution in [0.3, 0.4) is 0 Å². The number of likely N-dealkylation sites (N-methyl/N-ethyl adjacent to an activating group) is 1. The van der Waals surface area contributed by atoms with E-state index in [9.17, 15) is 4.79 Å². The van der Waals surface area contributed by atoms with E-state index in [0.717, 1.165) is 32.6 Å². The molecule has 0 bridgehead atoms. The van der Waals surface area contributed by atoms with Crippen LogP contribution < -0.4 is 5.32 Å². The van der Waals surface area contributed by atoms with Gasteiger partial charge >= 0.3 is 0 Å². The van der Waals surface area contributed by atoms with Crippen LogP contribution in [0.4, 0.5) is 0 Å². The zero-order valence-electron chi connectivity index (χ0n) is 15.4. The van der Waals surface area contributed by atoms with Crippen LogP contribution >= 0.6 is 0 Å². The predicted octanol–water partition coefficient (Wildman–Crippen LogP) is 2.57. The first-order chi connectivity index (χ1) is 12.7. The summed E-state index contributed by atoms with van der Waals surface area (Å²) in [4.78, 5) is 16.6. The normalized spacial score (nSPS) is 23.0. The van der Waals surface area contributed by atoms with E-state index in [1.165, 1.54) is 16.7 Å². The summed E-state index contributed by atoms with van der Waals surface area (Å²) in [5, 5.41) is 3.45. The minimum atomic E-state index is 0.239. The smallest absolute Gasteiger partial charge is 0.236 e. The zero-order valence-corrected chi connectivity index (χ0v) is 15.4. The van der Waals surface area contributed by atoms with Crippen LogP contribution in [0.5, 0.6) is 0 Å². The van der Waals surface area contributed by atoms with Crippen LogP contribution in [0.1, 0.15) is 17.9 Å². The highest BCUT2D eigenvalue weighted by Crippen LogP contribution is 2.41. The van der Waals surface area contributed by atoms with Gasteiger partial charge < -0.3 is 15.1 Å². The molecule has 2 aliphatic rings. The lowest BCUT2D eigenvalue weighted by Gasteiger charge is -2.32. The molecule has 4 rings (SSSR count). The third-order valence-electron chi connectivity index (χ3n) is 5.61. The molecule has 1 amide bonds. The topological polar surface area (TPSA) is 35.6 Å². The van der Waals surface area contributed by atoms with Gasteiger partial charge in [-0.2, -0.15) is 0 Å². The Kier molecular flexibility index (Phi) is 5.05. The second-order valence-electron chi connectivity index (χ2n) is 7.50. The van der Waals surface area contributed by atoms with E-state index in [-0.39, 0.29) is 5.91 Å². The molecule has 1 saturated heterocycles. The molecule has 1 aliphatic heterocycles. The van der Waals surface area contributed by atoms with Crippen molar-refractivity contribution in [3.8, 4) is 11.1 Å². The lowest BCUT2D eigenvalue weighted by atomic mass is 10.0. The van der Waals surface area contributed by atoms with Crippen molar-refractivity contribution in [3.63, 3.8) is 0 Å². The van der Waals surface area contributed by atoms with E-state index in [1.54, 1.807) is 0 Å². The highest BCUT2D eigenvalue weighted by molar-refractivity contribution is 5.78. The summed E-state index contributed by atoms with van der Waals surface area (Å²) < 4.78 is 0. The van der Waals surface area contributed by atoms with Gasteiger partial charge in [0, 0.05) is 38.1 Å². The summed E-state index contributed by atoms with van der Waals surface area (Å²) in [5.41, 5.74) is 3.88. The summed E-state index contributed by atoms with van der Waals surface area (Å²) in [5.74, 6) is 0.781. The molecule has 0 spiro atoms. The number of piperazine rings is 1. The molecule has 2 aromatic carbocycles. The Labute approximate surface area is 155 Å². The van der Waals surface area contributed by atoms with Crippen molar-refractivity contribution in [2.75, 3.05) is 39.8 Å². The van der Waals surface area contributed by atoms with Crippen molar-refractivity contribution in [1.82, 2.24) is 15.1 Å². The lowest BCUT2D eigenvalue weighted by Crippen LogP contribution is -2.49. The lowest BCUT2D eigenvalue weighted by molar-refractivity contribution is -0.131. The van der Waals surface area contributed by atoms with Crippen LogP contribution in [0.2, 0.25) is 0 Å². The Hall–Kier alpha value is -2.17. The van der Waals surface area contributed by atoms with E-state index in [1.807, 2.05) is 11.0 Å². The van der Waals surface area contributed by atoms with Gasteiger partial charge in [-0.1, -0.05) is 54.6 Å². The molecule has 2 atom stereocenters. The van der Waals surface area contributed by atoms with E-state index < -0.39 is 0 Å². The molecule has 4 heteroatoms. The summed E-state index contributed by atoms with van der Waals surface area (Å²) in [6, 6.07) is 19.8. The van der Waals surface area contributed by atoms with Crippen molar-refractivity contribution in [2.24, 2.45) is 0 Å². The van der Waals surface area contributed by atoms with E-state index in [0.29, 0.717) is 18.5 Å². The van der Waals surface area contributed by atoms with Gasteiger partial charge in [-0.25, -0.2) is 0 Å². The van der Waals surface area contributed by atoms with Crippen molar-refractivity contribution < 1.29 is 4.79 Å². The largest absolute Gasteiger partial charge is 0.339 e. The maximum Gasteiger partial charge on any atom is 0.236 e. The summed E-state index contributed by atoms with van der Waals surface area (Å²) in [6.45, 7) is 4.13. The quantitative estimate of drug-likeness (QED) is 0.901. The minimum Gasteiger partial charge on any atom is -0.339 e. The molecule has 4 nitrogen and oxygen atoms in total. The van der Waals surface area contributed by atoms with Gasteiger partial charge in [0.25, 0.3) is 0 Å². The van der Waals surface area contributed by atoms with Crippen LogP contribution in [0.25, 0.3) is 11.1 Å². The fourth-order valence-electron chi connectivity index (χ4n) is 3.73. The molecule has 26 heavy (non-hydrogen) atoms. The van der Waals surface area contributed by atoms with Gasteiger partial charge in [-0.3, -0.25) is 4.79 Å². The predicted molar refractivity (Wildman–Crippen MR) is 105 cm³/mol. The minimum absolute atomic E-state index is 0.239. The Morgan fingerprint density at radius 2 is 1.62 bits per heavy atom. The molecule has 2 fully saturated rings. The number of rotatable bonds is 5. The molecule has 0 unspecified atom stereocenters. The first-order valence-corrected chi connectivity index (χ1v) is 9.56. The fraction of sp³-hybridized carbons (Fsp3) is 0.409. The molecule has 136 valence electrons. The van der Waals surface area contributed by atoms with Crippen LogP contribution in [0, 0.1) is 0 Å². The number of nitrogens with zero attached hydrogens (tertiary/aromatic N) is 2. The van der Waals surface area contributed by atoms with Crippen molar-refractivity contribution in [3.05, 3.63) is 60.2 Å². The maximum absolute atomic E-state index is 12.3. The van der Waals surface area contributed by atoms with Gasteiger partial charge in [0.15, 0.2) is 0 Å². The first-order valence-electron chi connectivity index (χ1n) is 9.56. The number of carbonyl (C=O) groups is 1. The van der Waals surface area contributed by atoms with Crippen LogP contribution in [-0.4, -0.2) is 61.5 Å². The molecule has 1 N–H and O–H groups in total. The number of carbonyl (C=O) groups excluding carboxylic acids is 1. The van der Waals surface area contributed by atoms with E-state index in [2.05, 4.69) is 65.8 Å². The van der Waals surface area contributed by atoms with Gasteiger partial charge in [0.1, 0.15) is 0 Å². The average molecular weight is 349 g/mol. The molecular formula is C22H27N3O. The van der Waals surface area contributed by atoms with Crippen LogP contribution in [-0.2, 0) is 4.79 Å². The summed E-state index contributed by atoms with van der Waals surface area (Å²) in [6.07, 6.45) is 1.13. The molecule has 1 saturated carbocycles. The number of amides is 1. The molecule has 1 aliphatic carbocycles. The van der Waals surface area contributed by atoms with Gasteiger partial charge in [0.2, 0.25) is 5.91 Å². The number of benzene rings is 2. The highest BCUT2D eigenvalue weighted by atomic mass is 16.2. The average Bonchev–Trinajstić information content (AvgIpc) is 3.47. The zero-order chi connectivity index (χ0) is 17.9. The molecular weight excluding hydrogens is 322 g/mol. The van der Waals surface area contributed by atoms with Crippen molar-refractivity contribution in [2.45, 2.75) is 18.4 Å². The van der Waals surface area contributed by atoms with Gasteiger partial charge in [0.05, 0.1) is 6.54 Å². The molecule has 2 aromatic rings. The summed E-state index contributed by atoms with van der Waals surface area (Å²) >= 11 is 0. The van der Waals surface area contributed by atoms with Gasteiger partial charge in [-0.05, 0) is 30.2 Å². The number of hydrogen-bond donors (Lipinski definition) is 1. The molecule has 0 aromatic heterocycles. The molecule has 1 heterocycles. The van der Waals surface area contributed by atoms with Crippen LogP contribution in [0.15, 0.2) is 54.6 Å². The van der Waals surface area contributed by atoms with E-state index >= 15 is 0 Å². The maximum atomic E-state index is 12.3. The van der Waals surface area contributed by atoms with Crippen molar-refractivity contribution in [1.29, 1.82) is 0 Å². The van der Waals surface area contributed by atoms with E-state index in [4.69, 9.17) is 0 Å². The fourth-order valence-corrected chi connectivity index (χ4v) is 3.73. The molecule has 0 radical (unpaired) electrons. The first kappa shape index (κ1) is 17.3.